The molecule has 3 rings (SSSR count). The maximum Gasteiger partial charge on any atom is 0.180 e. The molecule has 1 unspecified atom stereocenters. The van der Waals surface area contributed by atoms with Crippen molar-refractivity contribution in [3.63, 3.8) is 0 Å². The van der Waals surface area contributed by atoms with Gasteiger partial charge >= 0.3 is 0 Å². The molecule has 2 aromatic rings. The summed E-state index contributed by atoms with van der Waals surface area (Å²) in [6.45, 7) is -0.505. The van der Waals surface area contributed by atoms with Crippen LogP contribution in [0.1, 0.15) is 6.04 Å². The number of aromatic nitrogens is 3. The van der Waals surface area contributed by atoms with Gasteiger partial charge in [0.25, 0.3) is 0 Å². The summed E-state index contributed by atoms with van der Waals surface area (Å²) in [6, 6.07) is 8.30. The van der Waals surface area contributed by atoms with E-state index in [1.54, 1.807) is 6.20 Å². The highest BCUT2D eigenvalue weighted by atomic mass is 16.6. The number of benzene rings is 1. The van der Waals surface area contributed by atoms with E-state index in [9.17, 15) is 15.3 Å². The van der Waals surface area contributed by atoms with Crippen LogP contribution >= 0.6 is 0 Å². The summed E-state index contributed by atoms with van der Waals surface area (Å²) >= 11 is 0. The first kappa shape index (κ1) is 15.1. The Balaban J connectivity index is 1.86. The van der Waals surface area contributed by atoms with Gasteiger partial charge < -0.3 is 25.2 Å². The second-order valence-electron chi connectivity index (χ2n) is 5.17. The van der Waals surface area contributed by atoms with Crippen LogP contribution in [-0.4, -0.2) is 66.6 Å². The Morgan fingerprint density at radius 2 is 1.82 bits per heavy atom. The molecule has 1 aromatic heterocycles. The fourth-order valence-electron chi connectivity index (χ4n) is 2.53. The Labute approximate surface area is 126 Å². The van der Waals surface area contributed by atoms with Crippen LogP contribution in [0.5, 0.6) is 0 Å². The second kappa shape index (κ2) is 6.11. The van der Waals surface area contributed by atoms with Gasteiger partial charge in [-0.05, 0) is 0 Å². The van der Waals surface area contributed by atoms with Crippen molar-refractivity contribution < 1.29 is 25.2 Å². The van der Waals surface area contributed by atoms with Gasteiger partial charge in [0.2, 0.25) is 0 Å². The fraction of sp³-hybridized carbons (Fsp3) is 0.429. The fourth-order valence-corrected chi connectivity index (χ4v) is 2.53. The maximum atomic E-state index is 10.2. The molecule has 4 N–H and O–H groups in total. The summed E-state index contributed by atoms with van der Waals surface area (Å²) in [6.07, 6.45) is -3.57. The average molecular weight is 307 g/mol. The molecular formula is C14H17N3O5. The normalized spacial score (nSPS) is 32.1. The van der Waals surface area contributed by atoms with Crippen molar-refractivity contribution in [2.45, 2.75) is 30.6 Å². The molecule has 8 heteroatoms. The van der Waals surface area contributed by atoms with Gasteiger partial charge in [-0.2, -0.15) is 0 Å². The SMILES string of the molecule is OC[C@H]1OC(O)[C@H](n2cc(-c3ccccc3)nn2)[C@@H](O)[C@@H]1O. The summed E-state index contributed by atoms with van der Waals surface area (Å²) in [5.74, 6) is 0. The van der Waals surface area contributed by atoms with Crippen molar-refractivity contribution in [2.75, 3.05) is 6.61 Å². The zero-order valence-corrected chi connectivity index (χ0v) is 11.6. The molecule has 0 aliphatic carbocycles. The van der Waals surface area contributed by atoms with Gasteiger partial charge in [0.05, 0.1) is 12.8 Å². The lowest BCUT2D eigenvalue weighted by atomic mass is 9.97. The number of nitrogens with zero attached hydrogens (tertiary/aromatic N) is 3. The average Bonchev–Trinajstić information content (AvgIpc) is 3.01. The van der Waals surface area contributed by atoms with Crippen LogP contribution < -0.4 is 0 Å². The number of rotatable bonds is 3. The Morgan fingerprint density at radius 1 is 1.09 bits per heavy atom. The van der Waals surface area contributed by atoms with E-state index in [-0.39, 0.29) is 0 Å². The van der Waals surface area contributed by atoms with E-state index in [0.717, 1.165) is 5.56 Å². The van der Waals surface area contributed by atoms with Crippen molar-refractivity contribution in [1.82, 2.24) is 15.0 Å². The maximum absolute atomic E-state index is 10.2. The van der Waals surface area contributed by atoms with Crippen LogP contribution in [0.3, 0.4) is 0 Å². The first-order valence-electron chi connectivity index (χ1n) is 6.89. The number of ether oxygens (including phenoxy) is 1. The summed E-state index contributed by atoms with van der Waals surface area (Å²) in [4.78, 5) is 0. The molecule has 1 aliphatic heterocycles. The molecule has 118 valence electrons. The minimum Gasteiger partial charge on any atom is -0.394 e. The van der Waals surface area contributed by atoms with Gasteiger partial charge in [0.1, 0.15) is 30.0 Å². The lowest BCUT2D eigenvalue weighted by Gasteiger charge is -2.39. The quantitative estimate of drug-likeness (QED) is 0.569. The van der Waals surface area contributed by atoms with Crippen LogP contribution in [0.4, 0.5) is 0 Å². The highest BCUT2D eigenvalue weighted by Gasteiger charge is 2.45. The van der Waals surface area contributed by atoms with Crippen LogP contribution in [0.15, 0.2) is 36.5 Å². The van der Waals surface area contributed by atoms with E-state index in [1.807, 2.05) is 30.3 Å². The minimum atomic E-state index is -1.42. The Hall–Kier alpha value is -1.84. The van der Waals surface area contributed by atoms with E-state index in [1.165, 1.54) is 4.68 Å². The summed E-state index contributed by atoms with van der Waals surface area (Å²) in [7, 11) is 0. The van der Waals surface area contributed by atoms with E-state index < -0.39 is 37.3 Å². The molecule has 22 heavy (non-hydrogen) atoms. The zero-order chi connectivity index (χ0) is 15.7. The van der Waals surface area contributed by atoms with Crippen LogP contribution in [-0.2, 0) is 4.74 Å². The van der Waals surface area contributed by atoms with Gasteiger partial charge in [0, 0.05) is 5.56 Å². The van der Waals surface area contributed by atoms with Crippen molar-refractivity contribution in [3.8, 4) is 11.3 Å². The predicted molar refractivity (Wildman–Crippen MR) is 74.5 cm³/mol. The third-order valence-corrected chi connectivity index (χ3v) is 3.75. The smallest absolute Gasteiger partial charge is 0.180 e. The monoisotopic (exact) mass is 307 g/mol. The number of hydrogen-bond acceptors (Lipinski definition) is 7. The highest BCUT2D eigenvalue weighted by molar-refractivity contribution is 5.57. The molecule has 1 aliphatic rings. The van der Waals surface area contributed by atoms with Crippen molar-refractivity contribution >= 4 is 0 Å². The Morgan fingerprint density at radius 3 is 2.50 bits per heavy atom. The number of hydrogen-bond donors (Lipinski definition) is 4. The van der Waals surface area contributed by atoms with Gasteiger partial charge in [-0.3, -0.25) is 0 Å². The first-order chi connectivity index (χ1) is 10.6. The van der Waals surface area contributed by atoms with Gasteiger partial charge in [-0.1, -0.05) is 35.5 Å². The van der Waals surface area contributed by atoms with Crippen molar-refractivity contribution in [3.05, 3.63) is 36.5 Å². The third-order valence-electron chi connectivity index (χ3n) is 3.75. The van der Waals surface area contributed by atoms with Gasteiger partial charge in [0.15, 0.2) is 6.29 Å². The molecule has 1 saturated heterocycles. The largest absolute Gasteiger partial charge is 0.394 e. The van der Waals surface area contributed by atoms with Crippen LogP contribution in [0.2, 0.25) is 0 Å². The molecule has 0 saturated carbocycles. The van der Waals surface area contributed by atoms with E-state index in [2.05, 4.69) is 10.3 Å². The molecule has 0 amide bonds. The second-order valence-corrected chi connectivity index (χ2v) is 5.17. The first-order valence-corrected chi connectivity index (χ1v) is 6.89. The topological polar surface area (TPSA) is 121 Å². The summed E-state index contributed by atoms with van der Waals surface area (Å²) in [5.41, 5.74) is 1.40. The minimum absolute atomic E-state index is 0.505. The molecule has 8 nitrogen and oxygen atoms in total. The number of aliphatic hydroxyl groups excluding tert-OH is 4. The molecule has 0 spiro atoms. The molecular weight excluding hydrogens is 290 g/mol. The predicted octanol–water partition coefficient (Wildman–Crippen LogP) is -1.08. The van der Waals surface area contributed by atoms with Crippen LogP contribution in [0, 0.1) is 0 Å². The van der Waals surface area contributed by atoms with E-state index in [0.29, 0.717) is 5.69 Å². The van der Waals surface area contributed by atoms with Gasteiger partial charge in [-0.15, -0.1) is 5.10 Å². The lowest BCUT2D eigenvalue weighted by Crippen LogP contribution is -2.56. The zero-order valence-electron chi connectivity index (χ0n) is 11.6. The lowest BCUT2D eigenvalue weighted by molar-refractivity contribution is -0.265. The molecule has 5 atom stereocenters. The molecule has 0 radical (unpaired) electrons. The summed E-state index contributed by atoms with van der Waals surface area (Å²) in [5, 5.41) is 47.0. The van der Waals surface area contributed by atoms with E-state index in [4.69, 9.17) is 9.84 Å². The van der Waals surface area contributed by atoms with Crippen LogP contribution in [0.25, 0.3) is 11.3 Å². The standard InChI is InChI=1S/C14H17N3O5/c18-7-10-12(19)13(20)11(14(21)22-10)17-6-9(15-16-17)8-4-2-1-3-5-8/h1-6,10-14,18-21H,7H2/t10-,11-,12-,13-,14?/m1/s1. The summed E-state index contributed by atoms with van der Waals surface area (Å²) < 4.78 is 6.37. The van der Waals surface area contributed by atoms with E-state index >= 15 is 0 Å². The van der Waals surface area contributed by atoms with Crippen molar-refractivity contribution in [2.24, 2.45) is 0 Å². The molecule has 0 bridgehead atoms. The Kier molecular flexibility index (Phi) is 4.19. The van der Waals surface area contributed by atoms with Gasteiger partial charge in [-0.25, -0.2) is 4.68 Å². The highest BCUT2D eigenvalue weighted by Crippen LogP contribution is 2.29. The molecule has 2 heterocycles. The number of aliphatic hydroxyl groups is 4. The molecule has 1 fully saturated rings. The van der Waals surface area contributed by atoms with Crippen molar-refractivity contribution in [1.29, 1.82) is 0 Å². The molecule has 1 aromatic carbocycles. The Bertz CT molecular complexity index is 620. The third kappa shape index (κ3) is 2.62.